The summed E-state index contributed by atoms with van der Waals surface area (Å²) in [6.07, 6.45) is 4.64. The molecule has 0 aromatic carbocycles. The number of sulfonamides is 1. The number of hydrogen-bond donors (Lipinski definition) is 1. The first kappa shape index (κ1) is 13.9. The minimum absolute atomic E-state index is 0.149. The van der Waals surface area contributed by atoms with Crippen LogP contribution in [0.4, 0.5) is 0 Å². The van der Waals surface area contributed by atoms with E-state index in [1.54, 1.807) is 15.6 Å². The smallest absolute Gasteiger partial charge is 0.211 e. The second-order valence-electron chi connectivity index (χ2n) is 4.61. The van der Waals surface area contributed by atoms with Crippen molar-refractivity contribution in [3.8, 4) is 0 Å². The van der Waals surface area contributed by atoms with Gasteiger partial charge in [-0.1, -0.05) is 6.92 Å². The van der Waals surface area contributed by atoms with Crippen LogP contribution >= 0.6 is 11.3 Å². The molecule has 18 heavy (non-hydrogen) atoms. The van der Waals surface area contributed by atoms with Crippen molar-refractivity contribution >= 4 is 21.4 Å². The molecular formula is C11H19N3O2S2. The van der Waals surface area contributed by atoms with E-state index in [0.717, 1.165) is 24.4 Å². The molecular weight excluding hydrogens is 270 g/mol. The maximum Gasteiger partial charge on any atom is 0.211 e. The van der Waals surface area contributed by atoms with E-state index in [4.69, 9.17) is 0 Å². The van der Waals surface area contributed by atoms with Crippen molar-refractivity contribution in [3.05, 3.63) is 16.6 Å². The van der Waals surface area contributed by atoms with Crippen LogP contribution in [0.2, 0.25) is 0 Å². The lowest BCUT2D eigenvalue weighted by Crippen LogP contribution is -2.52. The van der Waals surface area contributed by atoms with Crippen LogP contribution in [0.25, 0.3) is 0 Å². The van der Waals surface area contributed by atoms with Gasteiger partial charge in [0.1, 0.15) is 5.01 Å². The summed E-state index contributed by atoms with van der Waals surface area (Å²) in [6.45, 7) is 4.05. The molecule has 1 saturated heterocycles. The molecule has 102 valence electrons. The lowest BCUT2D eigenvalue weighted by molar-refractivity contribution is 0.195. The molecule has 1 fully saturated rings. The summed E-state index contributed by atoms with van der Waals surface area (Å²) >= 11 is 1.64. The van der Waals surface area contributed by atoms with Gasteiger partial charge in [0.15, 0.2) is 0 Å². The molecule has 1 N–H and O–H groups in total. The number of thiazole rings is 1. The molecule has 0 atom stereocenters. The average molecular weight is 289 g/mol. The van der Waals surface area contributed by atoms with Gasteiger partial charge < -0.3 is 5.32 Å². The predicted molar refractivity (Wildman–Crippen MR) is 73.1 cm³/mol. The highest BCUT2D eigenvalue weighted by Gasteiger charge is 2.39. The van der Waals surface area contributed by atoms with Gasteiger partial charge in [-0.25, -0.2) is 17.7 Å². The fraction of sp³-hybridized carbons (Fsp3) is 0.727. The summed E-state index contributed by atoms with van der Waals surface area (Å²) in [4.78, 5) is 4.41. The maximum absolute atomic E-state index is 11.5. The summed E-state index contributed by atoms with van der Waals surface area (Å²) in [7, 11) is -3.07. The van der Waals surface area contributed by atoms with Crippen LogP contribution in [0, 0.1) is 0 Å². The summed E-state index contributed by atoms with van der Waals surface area (Å²) in [5, 5.41) is 6.54. The molecule has 2 rings (SSSR count). The Kier molecular flexibility index (Phi) is 4.05. The minimum Gasteiger partial charge on any atom is -0.306 e. The van der Waals surface area contributed by atoms with E-state index < -0.39 is 10.0 Å². The van der Waals surface area contributed by atoms with E-state index in [0.29, 0.717) is 13.1 Å². The summed E-state index contributed by atoms with van der Waals surface area (Å²) < 4.78 is 24.6. The number of aromatic nitrogens is 1. The Morgan fingerprint density at radius 3 is 2.61 bits per heavy atom. The first-order valence-electron chi connectivity index (χ1n) is 6.08. The van der Waals surface area contributed by atoms with E-state index in [1.165, 1.54) is 6.26 Å². The Bertz CT molecular complexity index is 476. The zero-order valence-corrected chi connectivity index (χ0v) is 12.4. The molecule has 0 spiro atoms. The van der Waals surface area contributed by atoms with E-state index in [-0.39, 0.29) is 5.54 Å². The average Bonchev–Trinajstić information content (AvgIpc) is 2.82. The molecule has 1 aromatic heterocycles. The Morgan fingerprint density at radius 2 is 2.17 bits per heavy atom. The lowest BCUT2D eigenvalue weighted by atomic mass is 9.89. The summed E-state index contributed by atoms with van der Waals surface area (Å²) in [5.74, 6) is 0. The normalized spacial score (nSPS) is 21.0. The van der Waals surface area contributed by atoms with Gasteiger partial charge in [-0.05, 0) is 19.4 Å². The number of nitrogens with zero attached hydrogens (tertiary/aromatic N) is 2. The highest BCUT2D eigenvalue weighted by molar-refractivity contribution is 7.88. The fourth-order valence-corrected chi connectivity index (χ4v) is 4.18. The summed E-state index contributed by atoms with van der Waals surface area (Å²) in [6, 6.07) is 0. The van der Waals surface area contributed by atoms with Crippen LogP contribution in [0.15, 0.2) is 11.6 Å². The molecule has 7 heteroatoms. The van der Waals surface area contributed by atoms with Crippen LogP contribution in [-0.4, -0.2) is 43.6 Å². The van der Waals surface area contributed by atoms with Crippen LogP contribution in [0.3, 0.4) is 0 Å². The standard InChI is InChI=1S/C11H19N3O2S2/c1-3-13-11(10-12-6-9-17-10)4-7-14(8-5-11)18(2,15)16/h6,9,13H,3-5,7-8H2,1-2H3. The monoisotopic (exact) mass is 289 g/mol. The SMILES string of the molecule is CCNC1(c2nccs2)CCN(S(C)(=O)=O)CC1. The van der Waals surface area contributed by atoms with Crippen molar-refractivity contribution in [2.45, 2.75) is 25.3 Å². The molecule has 0 unspecified atom stereocenters. The molecule has 2 heterocycles. The Morgan fingerprint density at radius 1 is 1.50 bits per heavy atom. The third-order valence-electron chi connectivity index (χ3n) is 3.40. The van der Waals surface area contributed by atoms with E-state index >= 15 is 0 Å². The van der Waals surface area contributed by atoms with Crippen molar-refractivity contribution in [1.82, 2.24) is 14.6 Å². The van der Waals surface area contributed by atoms with Crippen molar-refractivity contribution < 1.29 is 8.42 Å². The molecule has 0 aliphatic carbocycles. The van der Waals surface area contributed by atoms with E-state index in [1.807, 2.05) is 11.6 Å². The quantitative estimate of drug-likeness (QED) is 0.898. The third-order valence-corrected chi connectivity index (χ3v) is 5.68. The molecule has 5 nitrogen and oxygen atoms in total. The van der Waals surface area contributed by atoms with Gasteiger partial charge in [0.2, 0.25) is 10.0 Å². The first-order chi connectivity index (χ1) is 8.48. The van der Waals surface area contributed by atoms with Crippen LogP contribution in [0.5, 0.6) is 0 Å². The highest BCUT2D eigenvalue weighted by atomic mass is 32.2. The molecule has 1 aromatic rings. The lowest BCUT2D eigenvalue weighted by Gasteiger charge is -2.40. The number of nitrogens with one attached hydrogen (secondary N) is 1. The topological polar surface area (TPSA) is 62.3 Å². The molecule has 0 saturated carbocycles. The van der Waals surface area contributed by atoms with Crippen molar-refractivity contribution in [1.29, 1.82) is 0 Å². The maximum atomic E-state index is 11.5. The second-order valence-corrected chi connectivity index (χ2v) is 7.49. The van der Waals surface area contributed by atoms with Crippen LogP contribution < -0.4 is 5.32 Å². The molecule has 0 bridgehead atoms. The number of rotatable bonds is 4. The Labute approximate surface area is 112 Å². The van der Waals surface area contributed by atoms with E-state index in [2.05, 4.69) is 17.2 Å². The molecule has 0 amide bonds. The molecule has 1 aliphatic heterocycles. The van der Waals surface area contributed by atoms with Gasteiger partial charge in [-0.2, -0.15) is 0 Å². The van der Waals surface area contributed by atoms with Crippen LogP contribution in [-0.2, 0) is 15.6 Å². The number of piperidine rings is 1. The minimum atomic E-state index is -3.07. The van der Waals surface area contributed by atoms with Crippen LogP contribution in [0.1, 0.15) is 24.8 Å². The fourth-order valence-electron chi connectivity index (χ4n) is 2.46. The van der Waals surface area contributed by atoms with E-state index in [9.17, 15) is 8.42 Å². The zero-order valence-electron chi connectivity index (χ0n) is 10.7. The van der Waals surface area contributed by atoms with Gasteiger partial charge in [-0.3, -0.25) is 0 Å². The van der Waals surface area contributed by atoms with Crippen molar-refractivity contribution in [3.63, 3.8) is 0 Å². The second kappa shape index (κ2) is 5.24. The molecule has 1 aliphatic rings. The predicted octanol–water partition coefficient (Wildman–Crippen LogP) is 1.00. The van der Waals surface area contributed by atoms with Gasteiger partial charge in [0.05, 0.1) is 11.8 Å². The van der Waals surface area contributed by atoms with Gasteiger partial charge >= 0.3 is 0 Å². The Hall–Kier alpha value is -0.500. The number of hydrogen-bond acceptors (Lipinski definition) is 5. The zero-order chi connectivity index (χ0) is 13.2. The van der Waals surface area contributed by atoms with Gasteiger partial charge in [-0.15, -0.1) is 11.3 Å². The molecule has 0 radical (unpaired) electrons. The van der Waals surface area contributed by atoms with Gasteiger partial charge in [0.25, 0.3) is 0 Å². The highest BCUT2D eigenvalue weighted by Crippen LogP contribution is 2.34. The van der Waals surface area contributed by atoms with Crippen molar-refractivity contribution in [2.75, 3.05) is 25.9 Å². The first-order valence-corrected chi connectivity index (χ1v) is 8.81. The van der Waals surface area contributed by atoms with Gasteiger partial charge in [0, 0.05) is 24.7 Å². The largest absolute Gasteiger partial charge is 0.306 e. The van der Waals surface area contributed by atoms with Crippen molar-refractivity contribution in [2.24, 2.45) is 0 Å². The third kappa shape index (κ3) is 2.74. The Balaban J connectivity index is 2.17. The summed E-state index contributed by atoms with van der Waals surface area (Å²) in [5.41, 5.74) is -0.149.